The van der Waals surface area contributed by atoms with Crippen LogP contribution in [0, 0.1) is 0 Å². The molecule has 0 aromatic heterocycles. The Morgan fingerprint density at radius 3 is 2.65 bits per heavy atom. The van der Waals surface area contributed by atoms with Gasteiger partial charge in [-0.2, -0.15) is 0 Å². The van der Waals surface area contributed by atoms with Gasteiger partial charge in [0.25, 0.3) is 0 Å². The highest BCUT2D eigenvalue weighted by Crippen LogP contribution is 2.41. The highest BCUT2D eigenvalue weighted by Gasteiger charge is 2.31. The van der Waals surface area contributed by atoms with Gasteiger partial charge in [0, 0.05) is 12.0 Å². The first-order chi connectivity index (χ1) is 11.1. The third-order valence-corrected chi connectivity index (χ3v) is 3.86. The third-order valence-electron chi connectivity index (χ3n) is 3.86. The van der Waals surface area contributed by atoms with E-state index in [9.17, 15) is 9.90 Å². The lowest BCUT2D eigenvalue weighted by molar-refractivity contribution is 0.0596. The Labute approximate surface area is 134 Å². The normalized spacial score (nSPS) is 15.7. The highest BCUT2D eigenvalue weighted by atomic mass is 16.5. The van der Waals surface area contributed by atoms with Gasteiger partial charge in [0.15, 0.2) is 0 Å². The van der Waals surface area contributed by atoms with E-state index in [2.05, 4.69) is 0 Å². The van der Waals surface area contributed by atoms with Crippen LogP contribution in [0.2, 0.25) is 0 Å². The third kappa shape index (κ3) is 2.82. The largest absolute Gasteiger partial charge is 0.507 e. The zero-order valence-corrected chi connectivity index (χ0v) is 13.0. The molecular weight excluding hydrogens is 296 g/mol. The number of hydrogen-bond donors (Lipinski definition) is 1. The quantitative estimate of drug-likeness (QED) is 0.878. The number of hydrogen-bond acceptors (Lipinski definition) is 5. The van der Waals surface area contributed by atoms with Crippen LogP contribution in [0.4, 0.5) is 0 Å². The smallest absolute Gasteiger partial charge is 0.342 e. The Bertz CT molecular complexity index is 721. The molecule has 0 saturated heterocycles. The minimum absolute atomic E-state index is 0.0912. The molecule has 0 radical (unpaired) electrons. The maximum atomic E-state index is 11.9. The van der Waals surface area contributed by atoms with Gasteiger partial charge in [-0.05, 0) is 36.8 Å². The Hall–Kier alpha value is -2.69. The molecule has 120 valence electrons. The van der Waals surface area contributed by atoms with E-state index in [0.717, 1.165) is 11.3 Å². The van der Waals surface area contributed by atoms with E-state index >= 15 is 0 Å². The first kappa shape index (κ1) is 15.2. The first-order valence-corrected chi connectivity index (χ1v) is 7.46. The second-order valence-electron chi connectivity index (χ2n) is 5.24. The van der Waals surface area contributed by atoms with Gasteiger partial charge in [0.2, 0.25) is 0 Å². The summed E-state index contributed by atoms with van der Waals surface area (Å²) in [5.41, 5.74) is 1.84. The van der Waals surface area contributed by atoms with Gasteiger partial charge in [-0.3, -0.25) is 0 Å². The molecule has 1 unspecified atom stereocenters. The van der Waals surface area contributed by atoms with E-state index in [1.807, 2.05) is 31.2 Å². The van der Waals surface area contributed by atoms with Crippen LogP contribution < -0.4 is 9.47 Å². The van der Waals surface area contributed by atoms with Crippen LogP contribution in [0.5, 0.6) is 17.2 Å². The molecular formula is C18H18O5. The summed E-state index contributed by atoms with van der Waals surface area (Å²) in [7, 11) is 1.29. The minimum atomic E-state index is -0.560. The molecule has 0 amide bonds. The summed E-state index contributed by atoms with van der Waals surface area (Å²) in [5.74, 6) is 0.753. The van der Waals surface area contributed by atoms with Crippen LogP contribution in [-0.2, 0) is 11.2 Å². The van der Waals surface area contributed by atoms with Crippen LogP contribution in [0.15, 0.2) is 36.4 Å². The Kier molecular flexibility index (Phi) is 4.10. The van der Waals surface area contributed by atoms with E-state index in [1.54, 1.807) is 6.07 Å². The number of phenols is 1. The average Bonchev–Trinajstić information content (AvgIpc) is 2.99. The molecule has 5 heteroatoms. The zero-order chi connectivity index (χ0) is 16.4. The number of carbonyl (C=O) groups excluding carboxylic acids is 1. The maximum Gasteiger partial charge on any atom is 0.342 e. The van der Waals surface area contributed by atoms with Gasteiger partial charge < -0.3 is 19.3 Å². The second kappa shape index (κ2) is 6.20. The van der Waals surface area contributed by atoms with Gasteiger partial charge in [0.1, 0.15) is 28.9 Å². The van der Waals surface area contributed by atoms with E-state index in [1.165, 1.54) is 13.2 Å². The number of phenolic OH excluding ortho intramolecular Hbond substituents is 1. The van der Waals surface area contributed by atoms with Crippen molar-refractivity contribution in [3.8, 4) is 17.2 Å². The molecule has 2 aromatic rings. The molecule has 1 heterocycles. The summed E-state index contributed by atoms with van der Waals surface area (Å²) >= 11 is 0. The van der Waals surface area contributed by atoms with Gasteiger partial charge in [-0.15, -0.1) is 0 Å². The molecule has 0 saturated carbocycles. The number of fused-ring (bicyclic) bond motifs is 1. The SMILES string of the molecule is CCOc1ccc(C2Cc3c(ccc(O)c3C(=O)OC)O2)cc1. The summed E-state index contributed by atoms with van der Waals surface area (Å²) in [6.45, 7) is 2.55. The standard InChI is InChI=1S/C18H18O5/c1-3-22-12-6-4-11(5-7-12)16-10-13-15(23-16)9-8-14(19)17(13)18(20)21-2/h4-9,16,19H,3,10H2,1-2H3. The molecule has 1 atom stereocenters. The zero-order valence-electron chi connectivity index (χ0n) is 13.0. The predicted octanol–water partition coefficient (Wildman–Crippen LogP) is 3.25. The molecule has 1 aliphatic heterocycles. The van der Waals surface area contributed by atoms with Crippen LogP contribution >= 0.6 is 0 Å². The number of aromatic hydroxyl groups is 1. The number of carbonyl (C=O) groups is 1. The number of esters is 1. The number of rotatable bonds is 4. The Balaban J connectivity index is 1.88. The summed E-state index contributed by atoms with van der Waals surface area (Å²) in [4.78, 5) is 11.9. The van der Waals surface area contributed by atoms with E-state index < -0.39 is 5.97 Å². The molecule has 5 nitrogen and oxygen atoms in total. The summed E-state index contributed by atoms with van der Waals surface area (Å²) in [6.07, 6.45) is 0.299. The lowest BCUT2D eigenvalue weighted by Gasteiger charge is -2.11. The molecule has 1 aliphatic rings. The van der Waals surface area contributed by atoms with Crippen LogP contribution in [-0.4, -0.2) is 24.8 Å². The van der Waals surface area contributed by atoms with Gasteiger partial charge in [-0.1, -0.05) is 12.1 Å². The number of benzene rings is 2. The van der Waals surface area contributed by atoms with E-state index in [0.29, 0.717) is 24.3 Å². The van der Waals surface area contributed by atoms with Crippen LogP contribution in [0.1, 0.15) is 34.5 Å². The molecule has 1 N–H and O–H groups in total. The van der Waals surface area contributed by atoms with Gasteiger partial charge in [0.05, 0.1) is 13.7 Å². The van der Waals surface area contributed by atoms with Crippen molar-refractivity contribution in [3.05, 3.63) is 53.1 Å². The lowest BCUT2D eigenvalue weighted by Crippen LogP contribution is -2.06. The molecule has 2 aromatic carbocycles. The monoisotopic (exact) mass is 314 g/mol. The lowest BCUT2D eigenvalue weighted by atomic mass is 9.99. The van der Waals surface area contributed by atoms with Crippen molar-refractivity contribution in [2.24, 2.45) is 0 Å². The fourth-order valence-electron chi connectivity index (χ4n) is 2.77. The minimum Gasteiger partial charge on any atom is -0.507 e. The van der Waals surface area contributed by atoms with Crippen molar-refractivity contribution in [2.45, 2.75) is 19.4 Å². The van der Waals surface area contributed by atoms with Crippen LogP contribution in [0.3, 0.4) is 0 Å². The van der Waals surface area contributed by atoms with Crippen LogP contribution in [0.25, 0.3) is 0 Å². The molecule has 0 bridgehead atoms. The van der Waals surface area contributed by atoms with Crippen molar-refractivity contribution in [2.75, 3.05) is 13.7 Å². The van der Waals surface area contributed by atoms with Gasteiger partial charge >= 0.3 is 5.97 Å². The molecule has 0 fully saturated rings. The molecule has 0 spiro atoms. The molecule has 0 aliphatic carbocycles. The highest BCUT2D eigenvalue weighted by molar-refractivity contribution is 5.95. The fourth-order valence-corrected chi connectivity index (χ4v) is 2.77. The van der Waals surface area contributed by atoms with Crippen molar-refractivity contribution in [1.82, 2.24) is 0 Å². The topological polar surface area (TPSA) is 65.0 Å². The van der Waals surface area contributed by atoms with E-state index in [4.69, 9.17) is 14.2 Å². The summed E-state index contributed by atoms with van der Waals surface area (Å²) in [6, 6.07) is 10.8. The number of methoxy groups -OCH3 is 1. The number of ether oxygens (including phenoxy) is 3. The Morgan fingerprint density at radius 2 is 2.00 bits per heavy atom. The molecule has 3 rings (SSSR count). The fraction of sp³-hybridized carbons (Fsp3) is 0.278. The van der Waals surface area contributed by atoms with E-state index in [-0.39, 0.29) is 17.4 Å². The van der Waals surface area contributed by atoms with Gasteiger partial charge in [-0.25, -0.2) is 4.79 Å². The summed E-state index contributed by atoms with van der Waals surface area (Å²) in [5, 5.41) is 9.96. The summed E-state index contributed by atoms with van der Waals surface area (Å²) < 4.78 is 16.1. The van der Waals surface area contributed by atoms with Crippen molar-refractivity contribution < 1.29 is 24.1 Å². The second-order valence-corrected chi connectivity index (χ2v) is 5.24. The van der Waals surface area contributed by atoms with Crippen molar-refractivity contribution in [3.63, 3.8) is 0 Å². The maximum absolute atomic E-state index is 11.9. The predicted molar refractivity (Wildman–Crippen MR) is 84.1 cm³/mol. The average molecular weight is 314 g/mol. The van der Waals surface area contributed by atoms with Crippen molar-refractivity contribution >= 4 is 5.97 Å². The molecule has 23 heavy (non-hydrogen) atoms. The van der Waals surface area contributed by atoms with Crippen molar-refractivity contribution in [1.29, 1.82) is 0 Å². The Morgan fingerprint density at radius 1 is 1.26 bits per heavy atom. The first-order valence-electron chi connectivity index (χ1n) is 7.46.